The third kappa shape index (κ3) is 4.07. The molecular weight excluding hydrogens is 349 g/mol. The van der Waals surface area contributed by atoms with Gasteiger partial charge < -0.3 is 14.7 Å². The van der Waals surface area contributed by atoms with Gasteiger partial charge in [0.25, 0.3) is 5.91 Å². The van der Waals surface area contributed by atoms with E-state index in [0.717, 1.165) is 0 Å². The molecule has 2 unspecified atom stereocenters. The van der Waals surface area contributed by atoms with Crippen LogP contribution in [0.2, 0.25) is 0 Å². The normalized spacial score (nSPS) is 19.9. The van der Waals surface area contributed by atoms with E-state index in [1.54, 1.807) is 18.2 Å². The summed E-state index contributed by atoms with van der Waals surface area (Å²) in [6.45, 7) is 8.02. The van der Waals surface area contributed by atoms with Gasteiger partial charge in [0, 0.05) is 18.2 Å². The number of piperazine rings is 1. The Balaban J connectivity index is 1.86. The highest BCUT2D eigenvalue weighted by atomic mass is 19.1. The van der Waals surface area contributed by atoms with E-state index in [9.17, 15) is 14.0 Å². The van der Waals surface area contributed by atoms with Crippen LogP contribution in [0.4, 0.5) is 4.39 Å². The fourth-order valence-electron chi connectivity index (χ4n) is 3.12. The molecule has 1 aliphatic rings. The van der Waals surface area contributed by atoms with Crippen molar-refractivity contribution in [1.29, 1.82) is 0 Å². The van der Waals surface area contributed by atoms with Gasteiger partial charge in [0.1, 0.15) is 11.9 Å². The Bertz CT molecular complexity index is 844. The van der Waals surface area contributed by atoms with Gasteiger partial charge in [-0.3, -0.25) is 9.59 Å². The average Bonchev–Trinajstić information content (AvgIpc) is 3.13. The van der Waals surface area contributed by atoms with Crippen LogP contribution in [-0.2, 0) is 4.79 Å². The van der Waals surface area contributed by atoms with Crippen molar-refractivity contribution in [3.05, 3.63) is 54.5 Å². The molecule has 0 spiro atoms. The lowest BCUT2D eigenvalue weighted by Crippen LogP contribution is -2.61. The number of halogens is 1. The van der Waals surface area contributed by atoms with Crippen LogP contribution in [0.25, 0.3) is 11.3 Å². The van der Waals surface area contributed by atoms with Crippen molar-refractivity contribution in [3.63, 3.8) is 0 Å². The minimum Gasteiger partial charge on any atom is -0.355 e. The van der Waals surface area contributed by atoms with Crippen molar-refractivity contribution in [3.8, 4) is 11.3 Å². The molecule has 2 atom stereocenters. The first-order chi connectivity index (χ1) is 12.9. The molecule has 6 nitrogen and oxygen atoms in total. The number of hydrogen-bond donors (Lipinski definition) is 1. The molecule has 1 aromatic carbocycles. The maximum atomic E-state index is 13.1. The lowest BCUT2D eigenvalue weighted by Gasteiger charge is -2.38. The monoisotopic (exact) mass is 371 g/mol. The van der Waals surface area contributed by atoms with Crippen LogP contribution in [-0.4, -0.2) is 40.5 Å². The zero-order chi connectivity index (χ0) is 19.6. The molecule has 1 N–H and O–H groups in total. The Morgan fingerprint density at radius 2 is 2.15 bits per heavy atom. The van der Waals surface area contributed by atoms with Crippen LogP contribution < -0.4 is 5.32 Å². The van der Waals surface area contributed by atoms with Crippen LogP contribution in [0, 0.1) is 11.7 Å². The second-order valence-electron chi connectivity index (χ2n) is 7.04. The van der Waals surface area contributed by atoms with E-state index in [0.29, 0.717) is 24.3 Å². The molecule has 2 heterocycles. The quantitative estimate of drug-likeness (QED) is 0.820. The summed E-state index contributed by atoms with van der Waals surface area (Å²) in [5.74, 6) is -0.334. The van der Waals surface area contributed by atoms with E-state index in [2.05, 4.69) is 17.1 Å². The molecule has 0 aliphatic carbocycles. The molecule has 1 aromatic heterocycles. The van der Waals surface area contributed by atoms with Crippen molar-refractivity contribution in [2.24, 2.45) is 5.92 Å². The Morgan fingerprint density at radius 1 is 1.44 bits per heavy atom. The van der Waals surface area contributed by atoms with Gasteiger partial charge in [0.2, 0.25) is 5.91 Å². The number of nitrogens with zero attached hydrogens (tertiary/aromatic N) is 2. The maximum Gasteiger partial charge on any atom is 0.276 e. The molecule has 3 rings (SSSR count). The molecule has 0 bridgehead atoms. The Kier molecular flexibility index (Phi) is 5.39. The lowest BCUT2D eigenvalue weighted by atomic mass is 9.97. The SMILES string of the molecule is C=CC1CN(C(=O)c2cc(-c3ccc(F)cc3)on2)C(CC(C)C)C(=O)N1. The maximum absolute atomic E-state index is 13.1. The number of benzene rings is 1. The van der Waals surface area contributed by atoms with E-state index < -0.39 is 6.04 Å². The van der Waals surface area contributed by atoms with Gasteiger partial charge in [0.15, 0.2) is 11.5 Å². The van der Waals surface area contributed by atoms with Gasteiger partial charge in [-0.25, -0.2) is 4.39 Å². The molecule has 7 heteroatoms. The second kappa shape index (κ2) is 7.73. The number of carbonyl (C=O) groups is 2. The summed E-state index contributed by atoms with van der Waals surface area (Å²) in [4.78, 5) is 27.0. The van der Waals surface area contributed by atoms with E-state index in [1.807, 2.05) is 13.8 Å². The van der Waals surface area contributed by atoms with Crippen LogP contribution in [0.1, 0.15) is 30.8 Å². The number of aromatic nitrogens is 1. The molecule has 1 aliphatic heterocycles. The predicted octanol–water partition coefficient (Wildman–Crippen LogP) is 3.02. The highest BCUT2D eigenvalue weighted by Gasteiger charge is 2.38. The van der Waals surface area contributed by atoms with Gasteiger partial charge in [-0.1, -0.05) is 25.1 Å². The molecule has 142 valence electrons. The van der Waals surface area contributed by atoms with Crippen LogP contribution in [0.5, 0.6) is 0 Å². The zero-order valence-electron chi connectivity index (χ0n) is 15.3. The van der Waals surface area contributed by atoms with Crippen LogP contribution >= 0.6 is 0 Å². The fourth-order valence-corrected chi connectivity index (χ4v) is 3.12. The topological polar surface area (TPSA) is 75.4 Å². The van der Waals surface area contributed by atoms with Crippen LogP contribution in [0.3, 0.4) is 0 Å². The summed E-state index contributed by atoms with van der Waals surface area (Å²) >= 11 is 0. The van der Waals surface area contributed by atoms with Crippen molar-refractivity contribution < 1.29 is 18.5 Å². The first-order valence-corrected chi connectivity index (χ1v) is 8.85. The van der Waals surface area contributed by atoms with Crippen molar-refractivity contribution in [2.75, 3.05) is 6.54 Å². The minimum absolute atomic E-state index is 0.112. The molecule has 27 heavy (non-hydrogen) atoms. The summed E-state index contributed by atoms with van der Waals surface area (Å²) in [6, 6.07) is 6.34. The summed E-state index contributed by atoms with van der Waals surface area (Å²) in [5.41, 5.74) is 0.725. The first-order valence-electron chi connectivity index (χ1n) is 8.85. The first kappa shape index (κ1) is 18.8. The average molecular weight is 371 g/mol. The molecule has 0 saturated carbocycles. The van der Waals surface area contributed by atoms with E-state index in [1.165, 1.54) is 23.1 Å². The summed E-state index contributed by atoms with van der Waals surface area (Å²) < 4.78 is 18.3. The van der Waals surface area contributed by atoms with Crippen molar-refractivity contribution in [1.82, 2.24) is 15.4 Å². The molecule has 1 fully saturated rings. The van der Waals surface area contributed by atoms with E-state index in [4.69, 9.17) is 4.52 Å². The second-order valence-corrected chi connectivity index (χ2v) is 7.04. The smallest absolute Gasteiger partial charge is 0.276 e. The number of nitrogens with one attached hydrogen (secondary N) is 1. The highest BCUT2D eigenvalue weighted by Crippen LogP contribution is 2.24. The highest BCUT2D eigenvalue weighted by molar-refractivity contribution is 5.97. The third-order valence-electron chi connectivity index (χ3n) is 4.50. The summed E-state index contributed by atoms with van der Waals surface area (Å²) in [7, 11) is 0. The number of amides is 2. The summed E-state index contributed by atoms with van der Waals surface area (Å²) in [6.07, 6.45) is 2.15. The Morgan fingerprint density at radius 3 is 2.78 bits per heavy atom. The predicted molar refractivity (Wildman–Crippen MR) is 98.3 cm³/mol. The minimum atomic E-state index is -0.570. The van der Waals surface area contributed by atoms with Gasteiger partial charge >= 0.3 is 0 Å². The number of hydrogen-bond acceptors (Lipinski definition) is 4. The molecule has 2 amide bonds. The fraction of sp³-hybridized carbons (Fsp3) is 0.350. The van der Waals surface area contributed by atoms with Gasteiger partial charge in [-0.2, -0.15) is 0 Å². The van der Waals surface area contributed by atoms with Gasteiger partial charge in [0.05, 0.1) is 6.04 Å². The lowest BCUT2D eigenvalue weighted by molar-refractivity contribution is -0.129. The van der Waals surface area contributed by atoms with Crippen molar-refractivity contribution >= 4 is 11.8 Å². The molecule has 1 saturated heterocycles. The van der Waals surface area contributed by atoms with Crippen molar-refractivity contribution in [2.45, 2.75) is 32.4 Å². The van der Waals surface area contributed by atoms with Crippen LogP contribution in [0.15, 0.2) is 47.5 Å². The molecule has 0 radical (unpaired) electrons. The largest absolute Gasteiger partial charge is 0.355 e. The Labute approximate surface area is 157 Å². The third-order valence-corrected chi connectivity index (χ3v) is 4.50. The molecular formula is C20H22FN3O3. The number of rotatable bonds is 5. The molecule has 2 aromatic rings. The zero-order valence-corrected chi connectivity index (χ0v) is 15.3. The summed E-state index contributed by atoms with van der Waals surface area (Å²) in [5, 5.41) is 6.73. The Hall–Kier alpha value is -2.96. The van der Waals surface area contributed by atoms with E-state index in [-0.39, 0.29) is 35.3 Å². The van der Waals surface area contributed by atoms with E-state index >= 15 is 0 Å². The van der Waals surface area contributed by atoms with Gasteiger partial charge in [-0.15, -0.1) is 6.58 Å². The van der Waals surface area contributed by atoms with Gasteiger partial charge in [-0.05, 0) is 36.6 Å². The number of carbonyl (C=O) groups excluding carboxylic acids is 2. The standard InChI is InChI=1S/C20H22FN3O3/c1-4-15-11-24(17(9-12(2)3)19(25)22-15)20(26)16-10-18(27-23-16)13-5-7-14(21)8-6-13/h4-8,10,12,15,17H,1,9,11H2,2-3H3,(H,22,25).